The van der Waals surface area contributed by atoms with E-state index in [-0.39, 0.29) is 0 Å². The SMILES string of the molecule is Cc1ccc(OCCn2nnc(C=O)c2-c2cccs2)cc1. The molecule has 3 aromatic rings. The first-order valence-electron chi connectivity index (χ1n) is 6.90. The van der Waals surface area contributed by atoms with Crippen LogP contribution < -0.4 is 4.74 Å². The molecule has 0 radical (unpaired) electrons. The number of rotatable bonds is 6. The number of ether oxygens (including phenoxy) is 1. The van der Waals surface area contributed by atoms with Crippen molar-refractivity contribution in [3.05, 3.63) is 53.0 Å². The molecule has 0 saturated heterocycles. The molecule has 0 aliphatic carbocycles. The van der Waals surface area contributed by atoms with E-state index >= 15 is 0 Å². The quantitative estimate of drug-likeness (QED) is 0.656. The number of carbonyl (C=O) groups is 1. The van der Waals surface area contributed by atoms with E-state index in [0.29, 0.717) is 18.8 Å². The molecule has 22 heavy (non-hydrogen) atoms. The van der Waals surface area contributed by atoms with Crippen molar-refractivity contribution >= 4 is 17.6 Å². The van der Waals surface area contributed by atoms with Crippen molar-refractivity contribution in [2.24, 2.45) is 0 Å². The van der Waals surface area contributed by atoms with Crippen LogP contribution in [0, 0.1) is 6.92 Å². The predicted molar refractivity (Wildman–Crippen MR) is 85.4 cm³/mol. The third kappa shape index (κ3) is 3.07. The Morgan fingerprint density at radius 1 is 1.27 bits per heavy atom. The molecule has 6 heteroatoms. The van der Waals surface area contributed by atoms with Crippen LogP contribution >= 0.6 is 11.3 Å². The molecule has 2 aromatic heterocycles. The first-order valence-corrected chi connectivity index (χ1v) is 7.78. The summed E-state index contributed by atoms with van der Waals surface area (Å²) >= 11 is 1.56. The predicted octanol–water partition coefficient (Wildman–Crippen LogP) is 3.21. The van der Waals surface area contributed by atoms with Crippen molar-refractivity contribution in [3.8, 4) is 16.3 Å². The van der Waals surface area contributed by atoms with Gasteiger partial charge in [0.2, 0.25) is 0 Å². The molecular formula is C16H15N3O2S. The smallest absolute Gasteiger partial charge is 0.172 e. The number of aryl methyl sites for hydroxylation is 1. The minimum absolute atomic E-state index is 0.359. The zero-order chi connectivity index (χ0) is 15.4. The Morgan fingerprint density at radius 2 is 2.09 bits per heavy atom. The van der Waals surface area contributed by atoms with Crippen molar-refractivity contribution in [2.45, 2.75) is 13.5 Å². The van der Waals surface area contributed by atoms with Gasteiger partial charge in [0, 0.05) is 0 Å². The summed E-state index contributed by atoms with van der Waals surface area (Å²) in [5.74, 6) is 0.819. The highest BCUT2D eigenvalue weighted by Crippen LogP contribution is 2.26. The Balaban J connectivity index is 1.72. The minimum Gasteiger partial charge on any atom is -0.492 e. The second-order valence-electron chi connectivity index (χ2n) is 4.80. The fourth-order valence-electron chi connectivity index (χ4n) is 2.11. The van der Waals surface area contributed by atoms with Gasteiger partial charge in [-0.05, 0) is 30.5 Å². The Hall–Kier alpha value is -2.47. The minimum atomic E-state index is 0.359. The van der Waals surface area contributed by atoms with Crippen LogP contribution in [0.2, 0.25) is 0 Å². The molecule has 0 amide bonds. The fraction of sp³-hybridized carbons (Fsp3) is 0.188. The van der Waals surface area contributed by atoms with Gasteiger partial charge in [0.05, 0.1) is 11.4 Å². The van der Waals surface area contributed by atoms with E-state index in [1.165, 1.54) is 5.56 Å². The highest BCUT2D eigenvalue weighted by molar-refractivity contribution is 7.13. The summed E-state index contributed by atoms with van der Waals surface area (Å²) < 4.78 is 7.42. The number of aldehydes is 1. The average molecular weight is 313 g/mol. The van der Waals surface area contributed by atoms with Gasteiger partial charge in [-0.25, -0.2) is 4.68 Å². The highest BCUT2D eigenvalue weighted by Gasteiger charge is 2.15. The second-order valence-corrected chi connectivity index (χ2v) is 5.75. The van der Waals surface area contributed by atoms with E-state index in [0.717, 1.165) is 22.6 Å². The monoisotopic (exact) mass is 313 g/mol. The summed E-state index contributed by atoms with van der Waals surface area (Å²) in [6.07, 6.45) is 0.735. The third-order valence-corrected chi connectivity index (χ3v) is 4.10. The molecule has 0 bridgehead atoms. The molecule has 0 fully saturated rings. The van der Waals surface area contributed by atoms with Gasteiger partial charge in [-0.15, -0.1) is 16.4 Å². The van der Waals surface area contributed by atoms with Crippen LogP contribution in [0.1, 0.15) is 16.1 Å². The molecule has 112 valence electrons. The molecule has 0 N–H and O–H groups in total. The van der Waals surface area contributed by atoms with Crippen molar-refractivity contribution in [3.63, 3.8) is 0 Å². The molecule has 0 atom stereocenters. The van der Waals surface area contributed by atoms with Gasteiger partial charge in [-0.1, -0.05) is 29.0 Å². The lowest BCUT2D eigenvalue weighted by atomic mass is 10.2. The first kappa shape index (κ1) is 14.5. The van der Waals surface area contributed by atoms with Crippen molar-refractivity contribution in [1.29, 1.82) is 0 Å². The summed E-state index contributed by atoms with van der Waals surface area (Å²) in [6, 6.07) is 11.8. The molecule has 1 aromatic carbocycles. The summed E-state index contributed by atoms with van der Waals surface area (Å²) in [5.41, 5.74) is 2.30. The van der Waals surface area contributed by atoms with Crippen LogP contribution in [-0.2, 0) is 6.54 Å². The Labute approximate surface area is 132 Å². The van der Waals surface area contributed by atoms with Crippen LogP contribution in [0.15, 0.2) is 41.8 Å². The van der Waals surface area contributed by atoms with E-state index in [2.05, 4.69) is 10.3 Å². The van der Waals surface area contributed by atoms with E-state index < -0.39 is 0 Å². The lowest BCUT2D eigenvalue weighted by Crippen LogP contribution is -2.10. The van der Waals surface area contributed by atoms with Crippen LogP contribution in [0.5, 0.6) is 5.75 Å². The zero-order valence-electron chi connectivity index (χ0n) is 12.1. The van der Waals surface area contributed by atoms with Crippen LogP contribution in [0.3, 0.4) is 0 Å². The van der Waals surface area contributed by atoms with E-state index in [1.54, 1.807) is 16.0 Å². The molecule has 0 unspecified atom stereocenters. The van der Waals surface area contributed by atoms with Gasteiger partial charge >= 0.3 is 0 Å². The van der Waals surface area contributed by atoms with Gasteiger partial charge in [-0.3, -0.25) is 4.79 Å². The number of hydrogen-bond acceptors (Lipinski definition) is 5. The lowest BCUT2D eigenvalue weighted by Gasteiger charge is -2.08. The van der Waals surface area contributed by atoms with Crippen LogP contribution in [0.25, 0.3) is 10.6 Å². The number of nitrogens with zero attached hydrogens (tertiary/aromatic N) is 3. The Kier molecular flexibility index (Phi) is 4.29. The van der Waals surface area contributed by atoms with Gasteiger partial charge in [0.1, 0.15) is 18.1 Å². The van der Waals surface area contributed by atoms with E-state index in [1.807, 2.05) is 48.7 Å². The summed E-state index contributed by atoms with van der Waals surface area (Å²) in [6.45, 7) is 3.03. The molecule has 0 saturated carbocycles. The van der Waals surface area contributed by atoms with Crippen molar-refractivity contribution in [1.82, 2.24) is 15.0 Å². The van der Waals surface area contributed by atoms with Gasteiger partial charge < -0.3 is 4.74 Å². The maximum atomic E-state index is 11.1. The van der Waals surface area contributed by atoms with Crippen LogP contribution in [0.4, 0.5) is 0 Å². The maximum Gasteiger partial charge on any atom is 0.172 e. The molecule has 2 heterocycles. The Bertz CT molecular complexity index is 748. The van der Waals surface area contributed by atoms with Gasteiger partial charge in [-0.2, -0.15) is 0 Å². The average Bonchev–Trinajstić information content (AvgIpc) is 3.17. The molecule has 3 rings (SSSR count). The van der Waals surface area contributed by atoms with Crippen molar-refractivity contribution < 1.29 is 9.53 Å². The summed E-state index contributed by atoms with van der Waals surface area (Å²) in [5, 5.41) is 9.94. The third-order valence-electron chi connectivity index (χ3n) is 3.22. The topological polar surface area (TPSA) is 57.0 Å². The number of benzene rings is 1. The number of hydrogen-bond donors (Lipinski definition) is 0. The molecule has 0 spiro atoms. The number of aromatic nitrogens is 3. The number of carbonyl (C=O) groups excluding carboxylic acids is 1. The number of thiophene rings is 1. The fourth-order valence-corrected chi connectivity index (χ4v) is 2.90. The lowest BCUT2D eigenvalue weighted by molar-refractivity contribution is 0.111. The molecule has 5 nitrogen and oxygen atoms in total. The zero-order valence-corrected chi connectivity index (χ0v) is 12.9. The van der Waals surface area contributed by atoms with Gasteiger partial charge in [0.25, 0.3) is 0 Å². The molecule has 0 aliphatic heterocycles. The molecular weight excluding hydrogens is 298 g/mol. The van der Waals surface area contributed by atoms with E-state index in [4.69, 9.17) is 4.74 Å². The Morgan fingerprint density at radius 3 is 2.77 bits per heavy atom. The van der Waals surface area contributed by atoms with Crippen molar-refractivity contribution in [2.75, 3.05) is 6.61 Å². The van der Waals surface area contributed by atoms with Gasteiger partial charge in [0.15, 0.2) is 12.0 Å². The second kappa shape index (κ2) is 6.53. The van der Waals surface area contributed by atoms with Crippen LogP contribution in [-0.4, -0.2) is 27.9 Å². The van der Waals surface area contributed by atoms with E-state index in [9.17, 15) is 4.79 Å². The first-order chi connectivity index (χ1) is 10.8. The standard InChI is InChI=1S/C16H15N3O2S/c1-12-4-6-13(7-5-12)21-9-8-19-16(14(11-20)17-18-19)15-3-2-10-22-15/h2-7,10-11H,8-9H2,1H3. The largest absolute Gasteiger partial charge is 0.492 e. The summed E-state index contributed by atoms with van der Waals surface area (Å²) in [4.78, 5) is 12.1. The molecule has 0 aliphatic rings. The normalized spacial score (nSPS) is 10.6. The maximum absolute atomic E-state index is 11.1. The highest BCUT2D eigenvalue weighted by atomic mass is 32.1. The summed E-state index contributed by atoms with van der Waals surface area (Å²) in [7, 11) is 0.